The van der Waals surface area contributed by atoms with Crippen molar-refractivity contribution < 1.29 is 20.1 Å². The summed E-state index contributed by atoms with van der Waals surface area (Å²) < 4.78 is 0. The fourth-order valence-corrected chi connectivity index (χ4v) is 17.5. The van der Waals surface area contributed by atoms with Crippen LogP contribution in [0.4, 0.5) is 11.4 Å². The Balaban J connectivity index is 1.24. The van der Waals surface area contributed by atoms with Gasteiger partial charge in [0.1, 0.15) is 0 Å². The predicted molar refractivity (Wildman–Crippen MR) is 228 cm³/mol. The second kappa shape index (κ2) is 11.3. The Morgan fingerprint density at radius 2 is 0.864 bits per heavy atom. The molecule has 0 amide bonds. The summed E-state index contributed by atoms with van der Waals surface area (Å²) in [4.78, 5) is 24.5. The van der Waals surface area contributed by atoms with Gasteiger partial charge in [0.05, 0.1) is 15.3 Å². The van der Waals surface area contributed by atoms with Gasteiger partial charge in [0, 0.05) is 12.1 Å². The Morgan fingerprint density at radius 1 is 0.508 bits per heavy atom. The molecule has 8 fully saturated rings. The van der Waals surface area contributed by atoms with Crippen molar-refractivity contribution in [2.45, 2.75) is 135 Å². The average Bonchev–Trinajstić information content (AvgIpc) is 3.40. The van der Waals surface area contributed by atoms with Gasteiger partial charge < -0.3 is 10.2 Å². The number of benzene rings is 4. The van der Waals surface area contributed by atoms with Crippen LogP contribution < -0.4 is 0 Å². The molecule has 0 saturated heterocycles. The summed E-state index contributed by atoms with van der Waals surface area (Å²) in [5.74, 6) is 0.557. The SMILES string of the molecule is Cc1cc(C2(c3cc(C)c(O)c([N+](=O)[O-])c3)c3cc(C45CC6CC(C)(CC(C)(C6)C4)C5)ccc3-c3ccc(C45CC6CC(C)(CC(C)(C6)C4)C5)cc32)cc([N+](=O)[O-])c1O. The van der Waals surface area contributed by atoms with Gasteiger partial charge in [-0.3, -0.25) is 20.2 Å². The van der Waals surface area contributed by atoms with E-state index in [1.807, 2.05) is 12.1 Å². The maximum Gasteiger partial charge on any atom is 0.311 e. The molecule has 8 bridgehead atoms. The van der Waals surface area contributed by atoms with Crippen molar-refractivity contribution in [3.8, 4) is 22.6 Å². The third-order valence-electron chi connectivity index (χ3n) is 17.4. The molecule has 4 aromatic carbocycles. The highest BCUT2D eigenvalue weighted by Crippen LogP contribution is 2.72. The normalized spacial score (nSPS) is 36.4. The lowest BCUT2D eigenvalue weighted by atomic mass is 9.39. The lowest BCUT2D eigenvalue weighted by Crippen LogP contribution is -2.56. The van der Waals surface area contributed by atoms with Crippen LogP contribution in [0.2, 0.25) is 0 Å². The summed E-state index contributed by atoms with van der Waals surface area (Å²) in [5.41, 5.74) is 7.38. The largest absolute Gasteiger partial charge is 0.502 e. The lowest BCUT2D eigenvalue weighted by Gasteiger charge is -2.65. The highest BCUT2D eigenvalue weighted by molar-refractivity contribution is 5.88. The van der Waals surface area contributed by atoms with Crippen molar-refractivity contribution in [1.29, 1.82) is 0 Å². The van der Waals surface area contributed by atoms with Gasteiger partial charge in [0.25, 0.3) is 0 Å². The first-order valence-corrected chi connectivity index (χ1v) is 22.0. The van der Waals surface area contributed by atoms with Crippen LogP contribution in [-0.4, -0.2) is 20.1 Å². The van der Waals surface area contributed by atoms with Crippen LogP contribution in [0.25, 0.3) is 11.1 Å². The number of nitro benzene ring substituents is 2. The van der Waals surface area contributed by atoms with Crippen molar-refractivity contribution in [1.82, 2.24) is 0 Å². The van der Waals surface area contributed by atoms with Crippen molar-refractivity contribution in [3.63, 3.8) is 0 Å². The Bertz CT molecular complexity index is 2380. The Labute approximate surface area is 346 Å². The molecule has 9 aliphatic carbocycles. The fraction of sp³-hybridized carbons (Fsp3) is 0.529. The fourth-order valence-electron chi connectivity index (χ4n) is 17.5. The minimum atomic E-state index is -1.24. The van der Waals surface area contributed by atoms with E-state index in [1.54, 1.807) is 13.8 Å². The van der Waals surface area contributed by atoms with E-state index in [9.17, 15) is 30.4 Å². The zero-order valence-electron chi connectivity index (χ0n) is 35.3. The quantitative estimate of drug-likeness (QED) is 0.130. The molecule has 4 aromatic rings. The summed E-state index contributed by atoms with van der Waals surface area (Å²) in [6.07, 6.45) is 14.3. The topological polar surface area (TPSA) is 127 Å². The standard InChI is InChI=1S/C51H56N2O6/c1-29-11-35(15-41(43(29)54)52(56)57)51(36-12-30(2)44(55)42(16-36)53(58)59)39-13-33(49-21-31-17-45(3,25-49)23-46(4,18-31)26-49)7-9-37(39)38-10-8-34(14-40(38)51)50-22-32-19-47(5,27-50)24-48(6,20-32)28-50/h7-16,31-32,54-55H,17-28H2,1-6H3. The van der Waals surface area contributed by atoms with E-state index in [2.05, 4.69) is 64.1 Å². The van der Waals surface area contributed by atoms with Gasteiger partial charge in [-0.1, -0.05) is 76.2 Å². The van der Waals surface area contributed by atoms with E-state index >= 15 is 0 Å². The van der Waals surface area contributed by atoms with Crippen LogP contribution in [0.1, 0.15) is 149 Å². The predicted octanol–water partition coefficient (Wildman–Crippen LogP) is 12.4. The molecule has 0 aliphatic heterocycles. The number of nitro groups is 2. The van der Waals surface area contributed by atoms with Gasteiger partial charge in [0.2, 0.25) is 0 Å². The van der Waals surface area contributed by atoms with Gasteiger partial charge in [-0.2, -0.15) is 0 Å². The molecule has 2 N–H and O–H groups in total. The Hall–Kier alpha value is -4.72. The molecule has 4 unspecified atom stereocenters. The van der Waals surface area contributed by atoms with Crippen LogP contribution in [0.3, 0.4) is 0 Å². The monoisotopic (exact) mass is 792 g/mol. The molecule has 0 radical (unpaired) electrons. The molecule has 59 heavy (non-hydrogen) atoms. The highest BCUT2D eigenvalue weighted by Gasteiger charge is 2.63. The number of hydrogen-bond donors (Lipinski definition) is 2. The van der Waals surface area contributed by atoms with E-state index in [4.69, 9.17) is 0 Å². The Kier molecular flexibility index (Phi) is 7.17. The maximum absolute atomic E-state index is 12.8. The third-order valence-corrected chi connectivity index (χ3v) is 17.4. The first-order chi connectivity index (χ1) is 27.7. The van der Waals surface area contributed by atoms with Crippen molar-refractivity contribution in [2.75, 3.05) is 0 Å². The second-order valence-corrected chi connectivity index (χ2v) is 22.9. The molecule has 306 valence electrons. The zero-order chi connectivity index (χ0) is 41.4. The minimum Gasteiger partial charge on any atom is -0.502 e. The third kappa shape index (κ3) is 5.01. The molecular formula is C51H56N2O6. The van der Waals surface area contributed by atoms with Gasteiger partial charge in [0.15, 0.2) is 11.5 Å². The molecule has 4 atom stereocenters. The molecule has 8 saturated carbocycles. The first kappa shape index (κ1) is 37.3. The number of aromatic hydroxyl groups is 2. The van der Waals surface area contributed by atoms with E-state index in [-0.39, 0.29) is 44.0 Å². The van der Waals surface area contributed by atoms with Crippen LogP contribution >= 0.6 is 0 Å². The molecule has 13 rings (SSSR count). The minimum absolute atomic E-state index is 0.0263. The summed E-state index contributed by atoms with van der Waals surface area (Å²) in [5, 5.41) is 48.0. The van der Waals surface area contributed by atoms with Crippen LogP contribution in [-0.2, 0) is 16.2 Å². The maximum atomic E-state index is 12.8. The van der Waals surface area contributed by atoms with Gasteiger partial charge >= 0.3 is 11.4 Å². The number of nitrogens with zero attached hydrogens (tertiary/aromatic N) is 2. The van der Waals surface area contributed by atoms with Crippen LogP contribution in [0.5, 0.6) is 11.5 Å². The van der Waals surface area contributed by atoms with E-state index in [0.717, 1.165) is 60.8 Å². The highest BCUT2D eigenvalue weighted by atomic mass is 16.6. The van der Waals surface area contributed by atoms with E-state index < -0.39 is 26.6 Å². The molecule has 0 aromatic heterocycles. The lowest BCUT2D eigenvalue weighted by molar-refractivity contribution is -0.386. The summed E-state index contributed by atoms with van der Waals surface area (Å²) in [6, 6.07) is 20.7. The number of phenols is 2. The van der Waals surface area contributed by atoms with Crippen LogP contribution in [0.15, 0.2) is 60.7 Å². The summed E-state index contributed by atoms with van der Waals surface area (Å²) in [7, 11) is 0. The molecule has 9 aliphatic rings. The molecule has 0 heterocycles. The second-order valence-electron chi connectivity index (χ2n) is 22.9. The summed E-state index contributed by atoms with van der Waals surface area (Å²) in [6.45, 7) is 13.3. The van der Waals surface area contributed by atoms with E-state index in [1.165, 1.54) is 61.8 Å². The number of aryl methyl sites for hydroxylation is 2. The van der Waals surface area contributed by atoms with Crippen LogP contribution in [0, 0.1) is 67.6 Å². The van der Waals surface area contributed by atoms with Gasteiger partial charge in [-0.05, 0) is 191 Å². The average molecular weight is 793 g/mol. The van der Waals surface area contributed by atoms with Crippen molar-refractivity contribution in [3.05, 3.63) is 125 Å². The number of phenolic OH excluding ortho intramolecular Hbond substituents is 2. The van der Waals surface area contributed by atoms with Crippen molar-refractivity contribution >= 4 is 11.4 Å². The number of hydrogen-bond acceptors (Lipinski definition) is 6. The van der Waals surface area contributed by atoms with Crippen molar-refractivity contribution in [2.24, 2.45) is 33.5 Å². The van der Waals surface area contributed by atoms with Gasteiger partial charge in [-0.15, -0.1) is 0 Å². The molecular weight excluding hydrogens is 737 g/mol. The number of fused-ring (bicyclic) bond motifs is 3. The molecule has 8 heteroatoms. The first-order valence-electron chi connectivity index (χ1n) is 22.0. The zero-order valence-corrected chi connectivity index (χ0v) is 35.3. The van der Waals surface area contributed by atoms with E-state index in [0.29, 0.717) is 34.1 Å². The Morgan fingerprint density at radius 3 is 1.19 bits per heavy atom. The molecule has 0 spiro atoms. The summed E-state index contributed by atoms with van der Waals surface area (Å²) >= 11 is 0. The smallest absolute Gasteiger partial charge is 0.311 e. The molecule has 8 nitrogen and oxygen atoms in total. The van der Waals surface area contributed by atoms with Gasteiger partial charge in [-0.25, -0.2) is 0 Å². The number of rotatable bonds is 6.